The molecule has 0 radical (unpaired) electrons. The first kappa shape index (κ1) is 37.6. The van der Waals surface area contributed by atoms with Crippen LogP contribution in [0.4, 0.5) is 5.69 Å². The molecule has 2 aromatic rings. The van der Waals surface area contributed by atoms with E-state index in [9.17, 15) is 18.0 Å². The minimum atomic E-state index is -3.33. The van der Waals surface area contributed by atoms with Crippen molar-refractivity contribution in [3.63, 3.8) is 0 Å². The Hall–Kier alpha value is -2.86. The molecule has 1 aliphatic carbocycles. The molecule has 1 atom stereocenters. The largest absolute Gasteiger partial charge is 0.468 e. The molecule has 46 heavy (non-hydrogen) atoms. The van der Waals surface area contributed by atoms with Crippen molar-refractivity contribution in [3.05, 3.63) is 54.1 Å². The van der Waals surface area contributed by atoms with Crippen molar-refractivity contribution >= 4 is 40.0 Å². The van der Waals surface area contributed by atoms with Gasteiger partial charge in [-0.1, -0.05) is 57.6 Å². The van der Waals surface area contributed by atoms with Gasteiger partial charge in [0.05, 0.1) is 13.4 Å². The van der Waals surface area contributed by atoms with Gasteiger partial charge in [-0.25, -0.2) is 8.42 Å². The topological polar surface area (TPSA) is 126 Å². The summed E-state index contributed by atoms with van der Waals surface area (Å²) in [4.78, 5) is 29.0. The van der Waals surface area contributed by atoms with E-state index in [0.29, 0.717) is 48.9 Å². The number of nitrogens with one attached hydrogen (secondary N) is 3. The van der Waals surface area contributed by atoms with Gasteiger partial charge in [-0.15, -0.1) is 12.4 Å². The van der Waals surface area contributed by atoms with Gasteiger partial charge in [0, 0.05) is 31.9 Å². The summed E-state index contributed by atoms with van der Waals surface area (Å²) >= 11 is 0. The Labute approximate surface area is 280 Å². The number of unbranched alkanes of at least 4 members (excludes halogenated alkanes) is 1. The molecule has 10 nitrogen and oxygen atoms in total. The fourth-order valence-corrected chi connectivity index (χ4v) is 6.95. The zero-order chi connectivity index (χ0) is 32.3. The number of esters is 1. The van der Waals surface area contributed by atoms with Crippen LogP contribution in [0.3, 0.4) is 0 Å². The monoisotopic (exact) mass is 678 g/mol. The number of nitrogens with zero attached hydrogens (tertiary/aromatic N) is 1. The van der Waals surface area contributed by atoms with Crippen LogP contribution >= 0.6 is 12.4 Å². The van der Waals surface area contributed by atoms with Gasteiger partial charge >= 0.3 is 5.97 Å². The molecule has 0 aromatic heterocycles. The van der Waals surface area contributed by atoms with Gasteiger partial charge < -0.3 is 14.8 Å². The number of sulfonamides is 1. The molecule has 1 heterocycles. The van der Waals surface area contributed by atoms with Crippen LogP contribution in [0.25, 0.3) is 0 Å². The van der Waals surface area contributed by atoms with Crippen molar-refractivity contribution in [2.45, 2.75) is 89.3 Å². The average molecular weight is 679 g/mol. The van der Waals surface area contributed by atoms with Gasteiger partial charge in [-0.05, 0) is 73.6 Å². The summed E-state index contributed by atoms with van der Waals surface area (Å²) in [5.41, 5.74) is 0.791. The summed E-state index contributed by atoms with van der Waals surface area (Å²) in [5, 5.41) is 6.71. The van der Waals surface area contributed by atoms with E-state index < -0.39 is 21.6 Å². The first-order valence-electron chi connectivity index (χ1n) is 16.3. The molecule has 1 aliphatic heterocycles. The maximum Gasteiger partial charge on any atom is 0.322 e. The van der Waals surface area contributed by atoms with Gasteiger partial charge in [-0.2, -0.15) is 0 Å². The van der Waals surface area contributed by atoms with Crippen molar-refractivity contribution in [2.75, 3.05) is 37.7 Å². The van der Waals surface area contributed by atoms with Crippen LogP contribution in [-0.2, 0) is 30.9 Å². The highest BCUT2D eigenvalue weighted by Gasteiger charge is 2.44. The Kier molecular flexibility index (Phi) is 14.6. The smallest absolute Gasteiger partial charge is 0.322 e. The Morgan fingerprint density at radius 1 is 0.978 bits per heavy atom. The third-order valence-electron chi connectivity index (χ3n) is 8.91. The van der Waals surface area contributed by atoms with Crippen molar-refractivity contribution in [1.82, 2.24) is 15.5 Å². The maximum absolute atomic E-state index is 13.7. The van der Waals surface area contributed by atoms with E-state index in [1.807, 2.05) is 24.3 Å². The predicted octanol–water partition coefficient (Wildman–Crippen LogP) is 5.62. The van der Waals surface area contributed by atoms with Crippen LogP contribution in [-0.4, -0.2) is 69.8 Å². The molecular weight excluding hydrogens is 628 g/mol. The molecule has 1 saturated carbocycles. The number of hydrogen-bond acceptors (Lipinski definition) is 8. The number of halogens is 1. The highest BCUT2D eigenvalue weighted by atomic mass is 35.5. The summed E-state index contributed by atoms with van der Waals surface area (Å²) in [6.07, 6.45) is 10.8. The Balaban J connectivity index is 0.00000576. The van der Waals surface area contributed by atoms with E-state index >= 15 is 0 Å². The van der Waals surface area contributed by atoms with E-state index in [1.165, 1.54) is 26.4 Å². The molecule has 12 heteroatoms. The Bertz CT molecular complexity index is 1340. The van der Waals surface area contributed by atoms with E-state index in [-0.39, 0.29) is 24.3 Å². The molecule has 2 fully saturated rings. The maximum atomic E-state index is 13.7. The van der Waals surface area contributed by atoms with Crippen molar-refractivity contribution in [2.24, 2.45) is 5.92 Å². The number of carbonyl (C=O) groups excluding carboxylic acids is 2. The lowest BCUT2D eigenvalue weighted by molar-refractivity contribution is -0.145. The summed E-state index contributed by atoms with van der Waals surface area (Å²) in [6.45, 7) is 4.91. The lowest BCUT2D eigenvalue weighted by Gasteiger charge is -2.43. The second-order valence-electron chi connectivity index (χ2n) is 12.6. The van der Waals surface area contributed by atoms with Gasteiger partial charge in [-0.3, -0.25) is 24.5 Å². The number of hydrogen-bond donors (Lipinski definition) is 3. The van der Waals surface area contributed by atoms with Crippen molar-refractivity contribution in [1.29, 1.82) is 0 Å². The SMILES string of the molecule is CCCCNC(=O)C1(N[C@@H](CC2CCCCC2)C(=O)OC)CCN(Cc2ccc(Oc3ccc(NS(C)(=O)=O)cc3)cc2)CC1.Cl. The fourth-order valence-electron chi connectivity index (χ4n) is 6.39. The number of anilines is 1. The van der Waals surface area contributed by atoms with Gasteiger partial charge in [0.25, 0.3) is 0 Å². The summed E-state index contributed by atoms with van der Waals surface area (Å²) in [6, 6.07) is 14.1. The molecule has 0 bridgehead atoms. The molecule has 4 rings (SSSR count). The fraction of sp³-hybridized carbons (Fsp3) is 0.588. The molecule has 256 valence electrons. The molecule has 2 aliphatic rings. The van der Waals surface area contributed by atoms with E-state index in [0.717, 1.165) is 57.1 Å². The van der Waals surface area contributed by atoms with E-state index in [2.05, 4.69) is 27.2 Å². The first-order chi connectivity index (χ1) is 21.6. The van der Waals surface area contributed by atoms with Crippen LogP contribution in [0.1, 0.15) is 76.7 Å². The minimum absolute atomic E-state index is 0. The molecule has 1 amide bonds. The number of likely N-dealkylation sites (tertiary alicyclic amines) is 1. The lowest BCUT2D eigenvalue weighted by atomic mass is 9.81. The van der Waals surface area contributed by atoms with Gasteiger partial charge in [0.1, 0.15) is 23.1 Å². The second-order valence-corrected chi connectivity index (χ2v) is 14.3. The third-order valence-corrected chi connectivity index (χ3v) is 9.52. The van der Waals surface area contributed by atoms with Gasteiger partial charge in [0.15, 0.2) is 0 Å². The highest BCUT2D eigenvalue weighted by molar-refractivity contribution is 7.92. The normalized spacial score (nSPS) is 17.7. The van der Waals surface area contributed by atoms with Crippen molar-refractivity contribution < 1.29 is 27.5 Å². The van der Waals surface area contributed by atoms with Crippen LogP contribution in [0.15, 0.2) is 48.5 Å². The number of amides is 1. The summed E-state index contributed by atoms with van der Waals surface area (Å²) in [7, 11) is -1.90. The van der Waals surface area contributed by atoms with Crippen LogP contribution in [0.2, 0.25) is 0 Å². The van der Waals surface area contributed by atoms with Crippen LogP contribution in [0, 0.1) is 5.92 Å². The van der Waals surface area contributed by atoms with Gasteiger partial charge in [0.2, 0.25) is 15.9 Å². The number of ether oxygens (including phenoxy) is 2. The quantitative estimate of drug-likeness (QED) is 0.164. The average Bonchev–Trinajstić information content (AvgIpc) is 3.03. The number of methoxy groups -OCH3 is 1. The molecule has 1 saturated heterocycles. The summed E-state index contributed by atoms with van der Waals surface area (Å²) < 4.78 is 36.4. The molecule has 2 aromatic carbocycles. The molecule has 0 unspecified atom stereocenters. The number of piperidine rings is 1. The Morgan fingerprint density at radius 3 is 2.15 bits per heavy atom. The van der Waals surface area contributed by atoms with Crippen LogP contribution < -0.4 is 20.1 Å². The predicted molar refractivity (Wildman–Crippen MR) is 184 cm³/mol. The summed E-state index contributed by atoms with van der Waals surface area (Å²) in [5.74, 6) is 1.45. The Morgan fingerprint density at radius 2 is 1.59 bits per heavy atom. The molecule has 3 N–H and O–H groups in total. The zero-order valence-corrected chi connectivity index (χ0v) is 29.0. The standard InChI is InChI=1S/C34H50N4O6S.ClH/c1-4-5-21-35-33(40)34(36-31(32(39)43-2)24-26-9-7-6-8-10-26)19-22-38(23-20-34)25-27-11-15-29(16-12-27)44-30-17-13-28(14-18-30)37-45(3,41)42;/h11-18,26,31,36-37H,4-10,19-25H2,1-3H3,(H,35,40);1H/t31-;/m0./s1. The van der Waals surface area contributed by atoms with Crippen molar-refractivity contribution in [3.8, 4) is 11.5 Å². The number of rotatable bonds is 15. The van der Waals surface area contributed by atoms with E-state index in [1.54, 1.807) is 24.3 Å². The zero-order valence-electron chi connectivity index (χ0n) is 27.4. The third kappa shape index (κ3) is 11.4. The first-order valence-corrected chi connectivity index (χ1v) is 18.2. The highest BCUT2D eigenvalue weighted by Crippen LogP contribution is 2.31. The molecule has 0 spiro atoms. The number of benzene rings is 2. The lowest BCUT2D eigenvalue weighted by Crippen LogP contribution is -2.65. The minimum Gasteiger partial charge on any atom is -0.468 e. The second kappa shape index (κ2) is 17.9. The number of carbonyl (C=O) groups is 2. The molecular formula is C34H51ClN4O6S. The van der Waals surface area contributed by atoms with E-state index in [4.69, 9.17) is 9.47 Å². The van der Waals surface area contributed by atoms with Crippen LogP contribution in [0.5, 0.6) is 11.5 Å².